The Morgan fingerprint density at radius 3 is 1.66 bits per heavy atom. The zero-order valence-corrected chi connectivity index (χ0v) is 21.2. The summed E-state index contributed by atoms with van der Waals surface area (Å²) in [6, 6.07) is 8.86. The lowest BCUT2D eigenvalue weighted by molar-refractivity contribution is -0.344. The predicted molar refractivity (Wildman–Crippen MR) is 138 cm³/mol. The average molecular weight is 429 g/mol. The van der Waals surface area contributed by atoms with E-state index in [4.69, 9.17) is 0 Å². The number of hydrogen-bond acceptors (Lipinski definition) is 0. The molecule has 0 atom stereocenters. The Hall–Kier alpha value is -2.48. The van der Waals surface area contributed by atoms with E-state index in [2.05, 4.69) is 78.8 Å². The van der Waals surface area contributed by atoms with Gasteiger partial charge in [0.15, 0.2) is 0 Å². The Morgan fingerprint density at radius 1 is 0.656 bits per heavy atom. The largest absolute Gasteiger partial charge is 0.493 e. The molecule has 2 nitrogen and oxygen atoms in total. The van der Waals surface area contributed by atoms with Crippen molar-refractivity contribution in [1.29, 1.82) is 0 Å². The normalized spacial score (nSPS) is 13.8. The Labute approximate surface area is 195 Å². The van der Waals surface area contributed by atoms with Gasteiger partial charge in [-0.15, -0.1) is 0 Å². The van der Waals surface area contributed by atoms with E-state index in [1.165, 1.54) is 75.8 Å². The van der Waals surface area contributed by atoms with Crippen molar-refractivity contribution in [2.24, 2.45) is 0 Å². The van der Waals surface area contributed by atoms with E-state index in [0.717, 1.165) is 35.4 Å². The molecule has 0 amide bonds. The number of aryl methyl sites for hydroxylation is 4. The average Bonchev–Trinajstić information content (AvgIpc) is 3.08. The minimum Gasteiger partial charge on any atom is -0.493 e. The molecular weight excluding hydrogens is 388 g/mol. The SMILES string of the molecule is CCCCCCCCC1=C(c2cc(C)c(C)c(C)c2)[N+](=[N-])C(c2cc(C)c(C)c(C)c2)=C1. The maximum Gasteiger partial charge on any atom is 0.210 e. The Morgan fingerprint density at radius 2 is 1.12 bits per heavy atom. The molecule has 2 aromatic rings. The second-order valence-corrected chi connectivity index (χ2v) is 9.70. The molecule has 170 valence electrons. The van der Waals surface area contributed by atoms with Gasteiger partial charge in [-0.25, -0.2) is 4.70 Å². The molecule has 32 heavy (non-hydrogen) atoms. The van der Waals surface area contributed by atoms with Gasteiger partial charge in [0.25, 0.3) is 0 Å². The standard InChI is InChI=1S/C30H40N2/c1-8-9-10-11-12-13-14-26-19-29(27-15-20(2)24(6)21(3)16-27)32(31)30(26)28-17-22(4)25(7)23(5)18-28/h15-19H,8-14H2,1-7H3. The fourth-order valence-electron chi connectivity index (χ4n) is 4.71. The van der Waals surface area contributed by atoms with Crippen molar-refractivity contribution >= 4 is 11.4 Å². The van der Waals surface area contributed by atoms with Crippen LogP contribution in [0.4, 0.5) is 0 Å². The van der Waals surface area contributed by atoms with Crippen molar-refractivity contribution in [3.05, 3.63) is 86.0 Å². The number of nitrogens with zero attached hydrogens (tertiary/aromatic N) is 2. The molecule has 0 fully saturated rings. The number of hydrogen-bond donors (Lipinski definition) is 0. The van der Waals surface area contributed by atoms with Gasteiger partial charge >= 0.3 is 0 Å². The first-order chi connectivity index (χ1) is 15.2. The first kappa shape index (κ1) is 24.2. The van der Waals surface area contributed by atoms with Crippen LogP contribution >= 0.6 is 0 Å². The van der Waals surface area contributed by atoms with Gasteiger partial charge in [-0.3, -0.25) is 0 Å². The van der Waals surface area contributed by atoms with Gasteiger partial charge in [-0.2, -0.15) is 0 Å². The first-order valence-electron chi connectivity index (χ1n) is 12.3. The summed E-state index contributed by atoms with van der Waals surface area (Å²) in [5, 5.41) is 0. The number of rotatable bonds is 9. The van der Waals surface area contributed by atoms with Crippen LogP contribution in [0.25, 0.3) is 16.9 Å². The molecule has 1 aliphatic rings. The van der Waals surface area contributed by atoms with E-state index in [1.54, 1.807) is 0 Å². The lowest BCUT2D eigenvalue weighted by Crippen LogP contribution is -2.04. The van der Waals surface area contributed by atoms with Gasteiger partial charge < -0.3 is 5.53 Å². The summed E-state index contributed by atoms with van der Waals surface area (Å²) in [5.41, 5.74) is 24.4. The van der Waals surface area contributed by atoms with E-state index < -0.39 is 0 Å². The smallest absolute Gasteiger partial charge is 0.210 e. The maximum atomic E-state index is 11.4. The van der Waals surface area contributed by atoms with Gasteiger partial charge in [0.1, 0.15) is 0 Å². The fraction of sp³-hybridized carbons (Fsp3) is 0.467. The summed E-state index contributed by atoms with van der Waals surface area (Å²) in [4.78, 5) is 0. The highest BCUT2D eigenvalue weighted by molar-refractivity contribution is 5.79. The van der Waals surface area contributed by atoms with Crippen LogP contribution in [0.15, 0.2) is 35.9 Å². The van der Waals surface area contributed by atoms with Crippen molar-refractivity contribution in [2.45, 2.75) is 93.4 Å². The van der Waals surface area contributed by atoms with Crippen molar-refractivity contribution < 1.29 is 4.70 Å². The second-order valence-electron chi connectivity index (χ2n) is 9.70. The van der Waals surface area contributed by atoms with Crippen LogP contribution in [0.5, 0.6) is 0 Å². The quantitative estimate of drug-likeness (QED) is 0.281. The zero-order valence-electron chi connectivity index (χ0n) is 21.2. The summed E-state index contributed by atoms with van der Waals surface area (Å²) in [7, 11) is 0. The summed E-state index contributed by atoms with van der Waals surface area (Å²) in [6.45, 7) is 15.2. The maximum absolute atomic E-state index is 11.4. The van der Waals surface area contributed by atoms with E-state index >= 15 is 0 Å². The highest BCUT2D eigenvalue weighted by Gasteiger charge is 2.29. The molecule has 0 radical (unpaired) electrons. The molecule has 1 heterocycles. The van der Waals surface area contributed by atoms with Crippen molar-refractivity contribution in [3.63, 3.8) is 0 Å². The highest BCUT2D eigenvalue weighted by atomic mass is 15.2. The van der Waals surface area contributed by atoms with Gasteiger partial charge in [0, 0.05) is 22.8 Å². The lowest BCUT2D eigenvalue weighted by atomic mass is 9.96. The molecule has 0 unspecified atom stereocenters. The number of benzene rings is 2. The second kappa shape index (κ2) is 10.4. The molecule has 3 rings (SSSR count). The highest BCUT2D eigenvalue weighted by Crippen LogP contribution is 2.39. The van der Waals surface area contributed by atoms with E-state index in [0.29, 0.717) is 0 Å². The number of allylic oxidation sites excluding steroid dienone is 2. The van der Waals surface area contributed by atoms with Crippen molar-refractivity contribution in [3.8, 4) is 0 Å². The van der Waals surface area contributed by atoms with Crippen molar-refractivity contribution in [1.82, 2.24) is 0 Å². The Bertz CT molecular complexity index is 1040. The van der Waals surface area contributed by atoms with Crippen LogP contribution < -0.4 is 0 Å². The molecule has 0 aromatic heterocycles. The van der Waals surface area contributed by atoms with E-state index in [9.17, 15) is 5.53 Å². The third kappa shape index (κ3) is 5.11. The van der Waals surface area contributed by atoms with Gasteiger partial charge in [0.2, 0.25) is 11.4 Å². The molecule has 0 spiro atoms. The van der Waals surface area contributed by atoms with Gasteiger partial charge in [-0.05, 0) is 112 Å². The lowest BCUT2D eigenvalue weighted by Gasteiger charge is -2.14. The summed E-state index contributed by atoms with van der Waals surface area (Å²) >= 11 is 0. The Kier molecular flexibility index (Phi) is 7.87. The molecule has 0 saturated heterocycles. The van der Waals surface area contributed by atoms with Crippen molar-refractivity contribution in [2.75, 3.05) is 0 Å². The van der Waals surface area contributed by atoms with Crippen LogP contribution in [-0.2, 0) is 0 Å². The zero-order chi connectivity index (χ0) is 23.4. The summed E-state index contributed by atoms with van der Waals surface area (Å²) < 4.78 is 1.44. The predicted octanol–water partition coefficient (Wildman–Crippen LogP) is 9.09. The molecule has 2 aromatic carbocycles. The molecule has 2 heteroatoms. The monoisotopic (exact) mass is 428 g/mol. The number of unbranched alkanes of at least 4 members (excludes halogenated alkanes) is 5. The van der Waals surface area contributed by atoms with Gasteiger partial charge in [0.05, 0.1) is 0 Å². The van der Waals surface area contributed by atoms with Crippen LogP contribution in [0.1, 0.15) is 96.4 Å². The molecule has 1 aliphatic heterocycles. The molecule has 0 saturated carbocycles. The molecular formula is C30H40N2. The molecule has 0 bridgehead atoms. The molecule has 0 aliphatic carbocycles. The van der Waals surface area contributed by atoms with Crippen LogP contribution in [0, 0.1) is 41.5 Å². The van der Waals surface area contributed by atoms with Crippen LogP contribution in [-0.4, -0.2) is 4.70 Å². The van der Waals surface area contributed by atoms with Crippen LogP contribution in [0.3, 0.4) is 0 Å². The van der Waals surface area contributed by atoms with Crippen LogP contribution in [0.2, 0.25) is 0 Å². The van der Waals surface area contributed by atoms with Gasteiger partial charge in [-0.1, -0.05) is 39.0 Å². The Balaban J connectivity index is 1.96. The third-order valence-electron chi connectivity index (χ3n) is 7.28. The minimum atomic E-state index is 0.892. The topological polar surface area (TPSA) is 25.3 Å². The molecule has 0 N–H and O–H groups in total. The van der Waals surface area contributed by atoms with E-state index in [-0.39, 0.29) is 0 Å². The summed E-state index contributed by atoms with van der Waals surface area (Å²) in [6.07, 6.45) is 10.9. The first-order valence-corrected chi connectivity index (χ1v) is 12.3. The minimum absolute atomic E-state index is 0.892. The third-order valence-corrected chi connectivity index (χ3v) is 7.28. The fourth-order valence-corrected chi connectivity index (χ4v) is 4.71. The van der Waals surface area contributed by atoms with E-state index in [1.807, 2.05) is 0 Å². The summed E-state index contributed by atoms with van der Waals surface area (Å²) in [5.74, 6) is 0.